The summed E-state index contributed by atoms with van der Waals surface area (Å²) in [6.45, 7) is 0.750. The van der Waals surface area contributed by atoms with Gasteiger partial charge >= 0.3 is 0 Å². The lowest BCUT2D eigenvalue weighted by Crippen LogP contribution is -2.39. The van der Waals surface area contributed by atoms with E-state index in [0.717, 1.165) is 55.5 Å². The topological polar surface area (TPSA) is 115 Å². The second-order valence-corrected chi connectivity index (χ2v) is 8.42. The molecular formula is C23H29N5O2. The Morgan fingerprint density at radius 2 is 1.73 bits per heavy atom. The van der Waals surface area contributed by atoms with Gasteiger partial charge in [0.1, 0.15) is 0 Å². The van der Waals surface area contributed by atoms with Gasteiger partial charge in [0, 0.05) is 30.3 Å². The van der Waals surface area contributed by atoms with E-state index < -0.39 is 5.91 Å². The van der Waals surface area contributed by atoms with Crippen molar-refractivity contribution in [2.45, 2.75) is 57.4 Å². The molecule has 2 aliphatic rings. The molecule has 7 nitrogen and oxygen atoms in total. The van der Waals surface area contributed by atoms with Crippen LogP contribution in [0.1, 0.15) is 73.5 Å². The second kappa shape index (κ2) is 8.81. The zero-order valence-corrected chi connectivity index (χ0v) is 17.2. The highest BCUT2D eigenvalue weighted by atomic mass is 16.2. The van der Waals surface area contributed by atoms with Gasteiger partial charge in [-0.15, -0.1) is 0 Å². The Balaban J connectivity index is 1.65. The number of nitrogen functional groups attached to an aromatic ring is 1. The first-order valence-corrected chi connectivity index (χ1v) is 10.8. The molecule has 4 N–H and O–H groups in total. The highest BCUT2D eigenvalue weighted by Crippen LogP contribution is 2.37. The molecule has 1 atom stereocenters. The third kappa shape index (κ3) is 4.30. The third-order valence-electron chi connectivity index (χ3n) is 6.39. The molecule has 0 unspecified atom stereocenters. The number of carbonyl (C=O) groups is 2. The van der Waals surface area contributed by atoms with Crippen LogP contribution < -0.4 is 11.5 Å². The summed E-state index contributed by atoms with van der Waals surface area (Å²) in [5.41, 5.74) is 14.3. The number of likely N-dealkylation sites (tertiary alicyclic amines) is 1. The predicted molar refractivity (Wildman–Crippen MR) is 115 cm³/mol. The number of piperidine rings is 1. The summed E-state index contributed by atoms with van der Waals surface area (Å²) in [5.74, 6) is 0.470. The number of primary amides is 1. The number of hydrogen-bond acceptors (Lipinski definition) is 5. The van der Waals surface area contributed by atoms with Gasteiger partial charge in [0.2, 0.25) is 17.8 Å². The first-order valence-electron chi connectivity index (χ1n) is 10.8. The van der Waals surface area contributed by atoms with E-state index >= 15 is 0 Å². The molecule has 4 rings (SSSR count). The minimum absolute atomic E-state index is 0.108. The fraction of sp³-hybridized carbons (Fsp3) is 0.478. The number of amides is 2. The summed E-state index contributed by atoms with van der Waals surface area (Å²) in [4.78, 5) is 35.4. The minimum atomic E-state index is -0.466. The van der Waals surface area contributed by atoms with Crippen molar-refractivity contribution in [2.75, 3.05) is 12.3 Å². The Morgan fingerprint density at radius 3 is 2.43 bits per heavy atom. The molecular weight excluding hydrogens is 378 g/mol. The molecule has 1 aromatic carbocycles. The average molecular weight is 408 g/mol. The molecule has 1 aromatic heterocycles. The summed E-state index contributed by atoms with van der Waals surface area (Å²) in [6, 6.07) is 6.96. The highest BCUT2D eigenvalue weighted by molar-refractivity contribution is 5.93. The number of aromatic nitrogens is 2. The molecule has 0 bridgehead atoms. The number of anilines is 1. The smallest absolute Gasteiger partial charge is 0.248 e. The van der Waals surface area contributed by atoms with Gasteiger partial charge in [-0.05, 0) is 55.7 Å². The first kappa shape index (κ1) is 20.3. The zero-order valence-electron chi connectivity index (χ0n) is 17.2. The molecule has 7 heteroatoms. The number of benzene rings is 1. The summed E-state index contributed by atoms with van der Waals surface area (Å²) in [5, 5.41) is 0. The molecule has 2 fully saturated rings. The Bertz CT molecular complexity index is 922. The number of nitrogens with zero attached hydrogens (tertiary/aromatic N) is 3. The van der Waals surface area contributed by atoms with Crippen molar-refractivity contribution in [3.05, 3.63) is 41.7 Å². The Hall–Kier alpha value is -2.96. The maximum Gasteiger partial charge on any atom is 0.248 e. The van der Waals surface area contributed by atoms with Gasteiger partial charge in [0.15, 0.2) is 0 Å². The Kier molecular flexibility index (Phi) is 5.97. The van der Waals surface area contributed by atoms with Gasteiger partial charge in [0.25, 0.3) is 0 Å². The van der Waals surface area contributed by atoms with Crippen molar-refractivity contribution < 1.29 is 9.59 Å². The maximum absolute atomic E-state index is 13.2. The molecule has 2 aromatic rings. The van der Waals surface area contributed by atoms with Crippen LogP contribution in [0.25, 0.3) is 11.1 Å². The zero-order chi connectivity index (χ0) is 21.1. The van der Waals surface area contributed by atoms with Crippen LogP contribution in [0.3, 0.4) is 0 Å². The van der Waals surface area contributed by atoms with E-state index in [1.54, 1.807) is 18.3 Å². The van der Waals surface area contributed by atoms with Crippen molar-refractivity contribution in [1.82, 2.24) is 14.9 Å². The summed E-state index contributed by atoms with van der Waals surface area (Å²) < 4.78 is 0. The number of rotatable bonds is 5. The van der Waals surface area contributed by atoms with E-state index in [9.17, 15) is 9.59 Å². The third-order valence-corrected chi connectivity index (χ3v) is 6.39. The molecule has 1 saturated heterocycles. The van der Waals surface area contributed by atoms with Crippen molar-refractivity contribution in [1.29, 1.82) is 0 Å². The van der Waals surface area contributed by atoms with Crippen LogP contribution in [-0.2, 0) is 4.79 Å². The molecule has 158 valence electrons. The van der Waals surface area contributed by atoms with Crippen LogP contribution in [0.4, 0.5) is 5.95 Å². The van der Waals surface area contributed by atoms with Gasteiger partial charge in [-0.25, -0.2) is 9.97 Å². The van der Waals surface area contributed by atoms with E-state index in [-0.39, 0.29) is 17.9 Å². The fourth-order valence-corrected chi connectivity index (χ4v) is 4.79. The second-order valence-electron chi connectivity index (χ2n) is 8.42. The van der Waals surface area contributed by atoms with E-state index in [1.165, 1.54) is 12.8 Å². The number of nitrogens with two attached hydrogens (primary N) is 2. The van der Waals surface area contributed by atoms with Crippen LogP contribution in [0.2, 0.25) is 0 Å². The fourth-order valence-electron chi connectivity index (χ4n) is 4.79. The van der Waals surface area contributed by atoms with Crippen LogP contribution in [0, 0.1) is 5.92 Å². The molecule has 1 aliphatic heterocycles. The van der Waals surface area contributed by atoms with Gasteiger partial charge < -0.3 is 16.4 Å². The standard InChI is InChI=1S/C23H29N5O2/c24-22(30)17-10-8-16(9-11-17)18-14-26-23(25)27-21(18)19-7-3-4-12-28(19)20(29)13-15-5-1-2-6-15/h8-11,14-15,19H,1-7,12-13H2,(H2,24,30)(H2,25,26,27)/t19-/m1/s1. The SMILES string of the molecule is NC(=O)c1ccc(-c2cnc(N)nc2[C@H]2CCCCN2C(=O)CC2CCCC2)cc1. The van der Waals surface area contributed by atoms with E-state index in [1.807, 2.05) is 17.0 Å². The quantitative estimate of drug-likeness (QED) is 0.787. The van der Waals surface area contributed by atoms with E-state index in [4.69, 9.17) is 11.5 Å². The molecule has 1 aliphatic carbocycles. The minimum Gasteiger partial charge on any atom is -0.368 e. The van der Waals surface area contributed by atoms with Crippen LogP contribution in [0.15, 0.2) is 30.5 Å². The van der Waals surface area contributed by atoms with Gasteiger partial charge in [0.05, 0.1) is 11.7 Å². The summed E-state index contributed by atoms with van der Waals surface area (Å²) in [7, 11) is 0. The number of hydrogen-bond donors (Lipinski definition) is 2. The summed E-state index contributed by atoms with van der Waals surface area (Å²) in [6.07, 6.45) is 10.0. The monoisotopic (exact) mass is 407 g/mol. The Morgan fingerprint density at radius 1 is 1.03 bits per heavy atom. The maximum atomic E-state index is 13.2. The largest absolute Gasteiger partial charge is 0.368 e. The van der Waals surface area contributed by atoms with E-state index in [2.05, 4.69) is 9.97 Å². The lowest BCUT2D eigenvalue weighted by atomic mass is 9.92. The summed E-state index contributed by atoms with van der Waals surface area (Å²) >= 11 is 0. The number of carbonyl (C=O) groups excluding carboxylic acids is 2. The van der Waals surface area contributed by atoms with Crippen molar-refractivity contribution in [3.8, 4) is 11.1 Å². The average Bonchev–Trinajstić information content (AvgIpc) is 3.27. The molecule has 2 heterocycles. The first-order chi connectivity index (χ1) is 14.5. The van der Waals surface area contributed by atoms with Crippen molar-refractivity contribution in [3.63, 3.8) is 0 Å². The molecule has 30 heavy (non-hydrogen) atoms. The predicted octanol–water partition coefficient (Wildman–Crippen LogP) is 3.46. The molecule has 2 amide bonds. The lowest BCUT2D eigenvalue weighted by molar-refractivity contribution is -0.136. The van der Waals surface area contributed by atoms with E-state index in [0.29, 0.717) is 17.9 Å². The van der Waals surface area contributed by atoms with Crippen LogP contribution in [-0.4, -0.2) is 33.2 Å². The van der Waals surface area contributed by atoms with Crippen molar-refractivity contribution >= 4 is 17.8 Å². The molecule has 0 radical (unpaired) electrons. The van der Waals surface area contributed by atoms with Gasteiger partial charge in [-0.3, -0.25) is 9.59 Å². The van der Waals surface area contributed by atoms with Crippen LogP contribution >= 0.6 is 0 Å². The van der Waals surface area contributed by atoms with Crippen molar-refractivity contribution in [2.24, 2.45) is 11.7 Å². The normalized spacial score (nSPS) is 19.7. The molecule has 1 saturated carbocycles. The molecule has 0 spiro atoms. The lowest BCUT2D eigenvalue weighted by Gasteiger charge is -2.37. The van der Waals surface area contributed by atoms with Gasteiger partial charge in [-0.1, -0.05) is 25.0 Å². The van der Waals surface area contributed by atoms with Gasteiger partial charge in [-0.2, -0.15) is 0 Å². The Labute approximate surface area is 176 Å². The van der Waals surface area contributed by atoms with Crippen LogP contribution in [0.5, 0.6) is 0 Å². The highest BCUT2D eigenvalue weighted by Gasteiger charge is 2.32.